The third-order valence-electron chi connectivity index (χ3n) is 3.36. The molecule has 1 aromatic heterocycles. The Kier molecular flexibility index (Phi) is 7.97. The highest BCUT2D eigenvalue weighted by Gasteiger charge is 2.25. The molecule has 0 aliphatic carbocycles. The Hall–Kier alpha value is -1.54. The van der Waals surface area contributed by atoms with Gasteiger partial charge in [0.25, 0.3) is 5.03 Å². The predicted octanol–water partition coefficient (Wildman–Crippen LogP) is 3.59. The van der Waals surface area contributed by atoms with Crippen LogP contribution in [-0.4, -0.2) is 17.8 Å². The molecule has 0 aromatic carbocycles. The summed E-state index contributed by atoms with van der Waals surface area (Å²) in [6.07, 6.45) is 3.75. The lowest BCUT2D eigenvalue weighted by Crippen LogP contribution is -2.23. The molecule has 5 heteroatoms. The number of aryl methyl sites for hydroxylation is 2. The van der Waals surface area contributed by atoms with Gasteiger partial charge in [0.05, 0.1) is 6.61 Å². The van der Waals surface area contributed by atoms with Crippen molar-refractivity contribution in [2.24, 2.45) is 0 Å². The zero-order valence-corrected chi connectivity index (χ0v) is 14.7. The fourth-order valence-electron chi connectivity index (χ4n) is 2.14. The molecule has 0 aliphatic heterocycles. The zero-order valence-electron chi connectivity index (χ0n) is 13.9. The highest BCUT2D eigenvalue weighted by atomic mass is 32.2. The van der Waals surface area contributed by atoms with Crippen molar-refractivity contribution in [1.82, 2.24) is 0 Å². The topological polar surface area (TPSA) is 64.2 Å². The van der Waals surface area contributed by atoms with E-state index < -0.39 is 0 Å². The van der Waals surface area contributed by atoms with Crippen LogP contribution < -0.4 is 4.98 Å². The summed E-state index contributed by atoms with van der Waals surface area (Å²) >= 11 is 1.39. The monoisotopic (exact) mass is 321 g/mol. The lowest BCUT2D eigenvalue weighted by Gasteiger charge is -2.12. The minimum Gasteiger partial charge on any atom is -0.465 e. The molecule has 4 nitrogen and oxygen atoms in total. The summed E-state index contributed by atoms with van der Waals surface area (Å²) in [6.45, 7) is 8.41. The van der Waals surface area contributed by atoms with Gasteiger partial charge in [0.15, 0.2) is 5.69 Å². The number of aromatic amines is 1. The number of thioether (sulfide) groups is 1. The molecule has 0 bridgehead atoms. The SMILES string of the molecule is CCCCCOC(=O)C(CC)Sc1[nH+]c(C)cc(C)c1C#N. The van der Waals surface area contributed by atoms with Crippen LogP contribution in [0.15, 0.2) is 11.1 Å². The third-order valence-corrected chi connectivity index (χ3v) is 4.72. The number of hydrogen-bond acceptors (Lipinski definition) is 4. The molecule has 1 heterocycles. The Balaban J connectivity index is 2.78. The maximum atomic E-state index is 12.2. The molecule has 0 saturated carbocycles. The van der Waals surface area contributed by atoms with Gasteiger partial charge in [-0.3, -0.25) is 4.79 Å². The number of carbonyl (C=O) groups excluding carboxylic acids is 1. The van der Waals surface area contributed by atoms with E-state index >= 15 is 0 Å². The second-order valence-electron chi connectivity index (χ2n) is 5.34. The molecule has 0 spiro atoms. The van der Waals surface area contributed by atoms with Gasteiger partial charge in [-0.15, -0.1) is 0 Å². The molecular formula is C17H25N2O2S+. The largest absolute Gasteiger partial charge is 0.465 e. The van der Waals surface area contributed by atoms with Crippen LogP contribution in [0, 0.1) is 25.2 Å². The number of hydrogen-bond donors (Lipinski definition) is 0. The number of nitriles is 1. The molecule has 120 valence electrons. The summed E-state index contributed by atoms with van der Waals surface area (Å²) in [5.41, 5.74) is 2.51. The van der Waals surface area contributed by atoms with Crippen LogP contribution in [0.25, 0.3) is 0 Å². The number of nitrogens with one attached hydrogen (secondary N) is 1. The molecule has 1 atom stereocenters. The van der Waals surface area contributed by atoms with Crippen LogP contribution >= 0.6 is 11.8 Å². The van der Waals surface area contributed by atoms with Gasteiger partial charge < -0.3 is 4.74 Å². The van der Waals surface area contributed by atoms with E-state index in [1.54, 1.807) is 0 Å². The first-order chi connectivity index (χ1) is 10.5. The summed E-state index contributed by atoms with van der Waals surface area (Å²) in [6, 6.07) is 4.15. The normalized spacial score (nSPS) is 11.8. The van der Waals surface area contributed by atoms with Gasteiger partial charge in [-0.25, -0.2) is 4.98 Å². The highest BCUT2D eigenvalue weighted by Crippen LogP contribution is 2.27. The van der Waals surface area contributed by atoms with E-state index in [1.165, 1.54) is 11.8 Å². The van der Waals surface area contributed by atoms with Crippen molar-refractivity contribution in [3.8, 4) is 6.07 Å². The van der Waals surface area contributed by atoms with Gasteiger partial charge >= 0.3 is 5.97 Å². The molecule has 0 aliphatic rings. The van der Waals surface area contributed by atoms with Crippen molar-refractivity contribution in [1.29, 1.82) is 5.26 Å². The van der Waals surface area contributed by atoms with E-state index in [4.69, 9.17) is 4.74 Å². The van der Waals surface area contributed by atoms with Crippen molar-refractivity contribution in [3.63, 3.8) is 0 Å². The van der Waals surface area contributed by atoms with Gasteiger partial charge in [-0.05, 0) is 37.1 Å². The molecule has 22 heavy (non-hydrogen) atoms. The first-order valence-corrected chi connectivity index (χ1v) is 8.68. The molecule has 0 saturated heterocycles. The van der Waals surface area contributed by atoms with E-state index in [-0.39, 0.29) is 11.2 Å². The zero-order chi connectivity index (χ0) is 16.5. The molecule has 1 aromatic rings. The van der Waals surface area contributed by atoms with Crippen LogP contribution in [-0.2, 0) is 9.53 Å². The van der Waals surface area contributed by atoms with Gasteiger partial charge in [0.1, 0.15) is 16.9 Å². The number of rotatable bonds is 8. The molecule has 1 unspecified atom stereocenters. The first kappa shape index (κ1) is 18.5. The minimum absolute atomic E-state index is 0.194. The van der Waals surface area contributed by atoms with Crippen LogP contribution in [0.1, 0.15) is 56.4 Å². The minimum atomic E-state index is -0.286. The molecule has 0 radical (unpaired) electrons. The van der Waals surface area contributed by atoms with E-state index in [0.717, 1.165) is 35.5 Å². The van der Waals surface area contributed by atoms with Crippen molar-refractivity contribution in [2.45, 2.75) is 63.7 Å². The van der Waals surface area contributed by atoms with E-state index in [0.29, 0.717) is 18.6 Å². The lowest BCUT2D eigenvalue weighted by molar-refractivity contribution is -0.435. The summed E-state index contributed by atoms with van der Waals surface area (Å²) in [7, 11) is 0. The smallest absolute Gasteiger partial charge is 0.319 e. The van der Waals surface area contributed by atoms with Gasteiger partial charge in [0.2, 0.25) is 0 Å². The van der Waals surface area contributed by atoms with Crippen molar-refractivity contribution < 1.29 is 14.5 Å². The van der Waals surface area contributed by atoms with E-state index in [9.17, 15) is 10.1 Å². The fourth-order valence-corrected chi connectivity index (χ4v) is 3.30. The number of unbranched alkanes of at least 4 members (excludes halogenated alkanes) is 2. The molecule has 1 rings (SSSR count). The number of H-pyrrole nitrogens is 1. The summed E-state index contributed by atoms with van der Waals surface area (Å²) in [5.74, 6) is -0.194. The van der Waals surface area contributed by atoms with Crippen LogP contribution in [0.5, 0.6) is 0 Å². The Morgan fingerprint density at radius 2 is 2.14 bits per heavy atom. The number of pyridine rings is 1. The summed E-state index contributed by atoms with van der Waals surface area (Å²) in [4.78, 5) is 15.4. The number of carbonyl (C=O) groups is 1. The van der Waals surface area contributed by atoms with Crippen molar-refractivity contribution in [3.05, 3.63) is 22.9 Å². The predicted molar refractivity (Wildman–Crippen MR) is 87.6 cm³/mol. The quantitative estimate of drug-likeness (QED) is 0.417. The Morgan fingerprint density at radius 1 is 1.41 bits per heavy atom. The summed E-state index contributed by atoms with van der Waals surface area (Å²) in [5, 5.41) is 9.78. The van der Waals surface area contributed by atoms with Gasteiger partial charge in [-0.2, -0.15) is 5.26 Å². The molecular weight excluding hydrogens is 296 g/mol. The van der Waals surface area contributed by atoms with E-state index in [1.807, 2.05) is 26.8 Å². The molecule has 1 N–H and O–H groups in total. The standard InChI is InChI=1S/C17H24N2O2S/c1-5-7-8-9-21-17(20)15(6-2)22-16-14(11-18)12(3)10-13(4)19-16/h10,15H,5-9H2,1-4H3/p+1. The van der Waals surface area contributed by atoms with E-state index in [2.05, 4.69) is 18.0 Å². The van der Waals surface area contributed by atoms with Crippen LogP contribution in [0.4, 0.5) is 0 Å². The Bertz CT molecular complexity index is 552. The maximum absolute atomic E-state index is 12.2. The fraction of sp³-hybridized carbons (Fsp3) is 0.588. The first-order valence-electron chi connectivity index (χ1n) is 7.80. The average molecular weight is 321 g/mol. The van der Waals surface area contributed by atoms with Crippen LogP contribution in [0.3, 0.4) is 0 Å². The average Bonchev–Trinajstić information content (AvgIpc) is 2.48. The summed E-state index contributed by atoms with van der Waals surface area (Å²) < 4.78 is 5.35. The Morgan fingerprint density at radius 3 is 2.73 bits per heavy atom. The van der Waals surface area contributed by atoms with Gasteiger partial charge in [-0.1, -0.05) is 26.7 Å². The number of nitrogens with zero attached hydrogens (tertiary/aromatic N) is 1. The second kappa shape index (κ2) is 9.47. The van der Waals surface area contributed by atoms with Crippen molar-refractivity contribution >= 4 is 17.7 Å². The van der Waals surface area contributed by atoms with Crippen molar-refractivity contribution in [2.75, 3.05) is 6.61 Å². The molecule has 0 fully saturated rings. The lowest BCUT2D eigenvalue weighted by atomic mass is 10.1. The number of esters is 1. The molecule has 0 amide bonds. The Labute approximate surface area is 137 Å². The second-order valence-corrected chi connectivity index (χ2v) is 6.55. The number of ether oxygens (including phenoxy) is 1. The highest BCUT2D eigenvalue weighted by molar-refractivity contribution is 8.00. The number of aromatic nitrogens is 1. The van der Waals surface area contributed by atoms with Crippen LogP contribution in [0.2, 0.25) is 0 Å². The van der Waals surface area contributed by atoms with Gasteiger partial charge in [0, 0.05) is 13.0 Å². The maximum Gasteiger partial charge on any atom is 0.319 e. The third kappa shape index (κ3) is 5.34.